The third kappa shape index (κ3) is 4.91. The van der Waals surface area contributed by atoms with Gasteiger partial charge in [0.15, 0.2) is 8.32 Å². The molecule has 1 rings (SSSR count). The van der Waals surface area contributed by atoms with Crippen LogP contribution in [0.25, 0.3) is 0 Å². The maximum absolute atomic E-state index is 12.3. The van der Waals surface area contributed by atoms with Crippen LogP contribution in [-0.4, -0.2) is 43.0 Å². The molecule has 0 aliphatic carbocycles. The fourth-order valence-corrected chi connectivity index (χ4v) is 3.30. The van der Waals surface area contributed by atoms with Crippen molar-refractivity contribution in [1.82, 2.24) is 4.90 Å². The topological polar surface area (TPSA) is 55.8 Å². The highest BCUT2D eigenvalue weighted by Gasteiger charge is 2.43. The van der Waals surface area contributed by atoms with Crippen molar-refractivity contribution in [3.05, 3.63) is 12.2 Å². The number of imide groups is 1. The van der Waals surface area contributed by atoms with Gasteiger partial charge in [-0.1, -0.05) is 20.8 Å². The van der Waals surface area contributed by atoms with E-state index in [1.54, 1.807) is 26.8 Å². The van der Waals surface area contributed by atoms with Gasteiger partial charge >= 0.3 is 6.09 Å². The highest BCUT2D eigenvalue weighted by atomic mass is 28.4. The van der Waals surface area contributed by atoms with E-state index in [-0.39, 0.29) is 17.0 Å². The third-order valence-corrected chi connectivity index (χ3v) is 8.85. The van der Waals surface area contributed by atoms with Crippen LogP contribution in [0.4, 0.5) is 4.79 Å². The Hall–Kier alpha value is -1.14. The summed E-state index contributed by atoms with van der Waals surface area (Å²) in [6.45, 7) is 18.0. The molecule has 0 saturated carbocycles. The Balaban J connectivity index is 2.97. The Morgan fingerprint density at radius 2 is 1.70 bits per heavy atom. The Bertz CT molecular complexity index is 500. The molecule has 0 aromatic carbocycles. The van der Waals surface area contributed by atoms with Gasteiger partial charge in [0.2, 0.25) is 0 Å². The minimum absolute atomic E-state index is 0.0543. The van der Waals surface area contributed by atoms with Crippen LogP contribution in [0.2, 0.25) is 18.1 Å². The lowest BCUT2D eigenvalue weighted by molar-refractivity contribution is -0.129. The molecule has 0 saturated heterocycles. The van der Waals surface area contributed by atoms with Gasteiger partial charge in [-0.2, -0.15) is 0 Å². The maximum atomic E-state index is 12.3. The molecule has 2 amide bonds. The summed E-state index contributed by atoms with van der Waals surface area (Å²) < 4.78 is 11.7. The molecule has 0 spiro atoms. The van der Waals surface area contributed by atoms with Crippen LogP contribution in [-0.2, 0) is 14.0 Å². The summed E-state index contributed by atoms with van der Waals surface area (Å²) in [6, 6.07) is -0.392. The van der Waals surface area contributed by atoms with Crippen molar-refractivity contribution < 1.29 is 18.8 Å². The van der Waals surface area contributed by atoms with Crippen LogP contribution in [0.3, 0.4) is 0 Å². The average Bonchev–Trinajstić information content (AvgIpc) is 2.29. The molecule has 0 bridgehead atoms. The molecule has 0 radical (unpaired) electrons. The highest BCUT2D eigenvalue weighted by Crippen LogP contribution is 2.38. The van der Waals surface area contributed by atoms with E-state index in [1.807, 2.05) is 6.92 Å². The second kappa shape index (κ2) is 6.40. The van der Waals surface area contributed by atoms with Crippen LogP contribution < -0.4 is 0 Å². The summed E-state index contributed by atoms with van der Waals surface area (Å²) in [6.07, 6.45) is 2.24. The van der Waals surface area contributed by atoms with Gasteiger partial charge in [-0.25, -0.2) is 9.69 Å². The molecule has 6 heteroatoms. The fourth-order valence-electron chi connectivity index (χ4n) is 1.99. The number of carbonyl (C=O) groups is 2. The molecule has 1 aliphatic rings. The maximum Gasteiger partial charge on any atom is 0.417 e. The van der Waals surface area contributed by atoms with E-state index in [4.69, 9.17) is 9.16 Å². The molecule has 0 aromatic rings. The number of hydrogen-bond acceptors (Lipinski definition) is 4. The lowest BCUT2D eigenvalue weighted by Crippen LogP contribution is -2.55. The zero-order valence-corrected chi connectivity index (χ0v) is 16.9. The van der Waals surface area contributed by atoms with Crippen molar-refractivity contribution >= 4 is 20.3 Å². The molecule has 132 valence electrons. The average molecular weight is 342 g/mol. The molecule has 1 heterocycles. The SMILES string of the molecule is C[C@H]1[C@H](O[Si](C)(C)C(C)(C)C)C=CC(=O)N1C(=O)OC(C)(C)C. The molecule has 0 fully saturated rings. The molecule has 0 N–H and O–H groups in total. The number of amides is 2. The smallest absolute Gasteiger partial charge is 0.417 e. The largest absolute Gasteiger partial charge is 0.443 e. The Kier molecular flexibility index (Phi) is 5.53. The standard InChI is InChI=1S/C17H31NO4Si/c1-12-13(22-23(8,9)17(5,6)7)10-11-14(19)18(12)15(20)21-16(2,3)4/h10-13H,1-9H3/t12-,13+/m0/s1. The second-order valence-corrected chi connectivity index (χ2v) is 13.4. The van der Waals surface area contributed by atoms with Crippen molar-refractivity contribution in [2.24, 2.45) is 0 Å². The van der Waals surface area contributed by atoms with E-state index >= 15 is 0 Å². The predicted molar refractivity (Wildman–Crippen MR) is 93.8 cm³/mol. The number of carbonyl (C=O) groups excluding carboxylic acids is 2. The summed E-state index contributed by atoms with van der Waals surface area (Å²) >= 11 is 0. The normalized spacial score (nSPS) is 23.2. The third-order valence-electron chi connectivity index (χ3n) is 4.38. The summed E-state index contributed by atoms with van der Waals surface area (Å²) in [5, 5.41) is 0.0543. The Morgan fingerprint density at radius 3 is 2.13 bits per heavy atom. The number of ether oxygens (including phenoxy) is 1. The first kappa shape index (κ1) is 19.9. The number of rotatable bonds is 2. The summed E-state index contributed by atoms with van der Waals surface area (Å²) in [5.41, 5.74) is -0.645. The first-order valence-corrected chi connectivity index (χ1v) is 11.0. The van der Waals surface area contributed by atoms with Crippen molar-refractivity contribution in [2.75, 3.05) is 0 Å². The van der Waals surface area contributed by atoms with Gasteiger partial charge in [-0.05, 0) is 51.9 Å². The van der Waals surface area contributed by atoms with Crippen LogP contribution in [0.1, 0.15) is 48.5 Å². The van der Waals surface area contributed by atoms with Crippen LogP contribution in [0.5, 0.6) is 0 Å². The van der Waals surface area contributed by atoms with E-state index in [2.05, 4.69) is 33.9 Å². The first-order chi connectivity index (χ1) is 10.2. The monoisotopic (exact) mass is 341 g/mol. The first-order valence-electron chi connectivity index (χ1n) is 8.08. The van der Waals surface area contributed by atoms with Gasteiger partial charge in [-0.15, -0.1) is 0 Å². The molecule has 0 unspecified atom stereocenters. The van der Waals surface area contributed by atoms with Gasteiger partial charge in [0.05, 0.1) is 12.1 Å². The molecule has 1 aliphatic heterocycles. The lowest BCUT2D eigenvalue weighted by Gasteiger charge is -2.43. The van der Waals surface area contributed by atoms with Crippen molar-refractivity contribution in [1.29, 1.82) is 0 Å². The van der Waals surface area contributed by atoms with Crippen molar-refractivity contribution in [3.63, 3.8) is 0 Å². The summed E-state index contributed by atoms with van der Waals surface area (Å²) in [4.78, 5) is 25.6. The van der Waals surface area contributed by atoms with E-state index in [9.17, 15) is 9.59 Å². The second-order valence-electron chi connectivity index (χ2n) is 8.63. The van der Waals surface area contributed by atoms with Gasteiger partial charge in [0.1, 0.15) is 5.60 Å². The Labute approximate surface area is 141 Å². The molecule has 0 aromatic heterocycles. The molecule has 2 atom stereocenters. The minimum atomic E-state index is -2.01. The summed E-state index contributed by atoms with van der Waals surface area (Å²) in [5.74, 6) is -0.359. The number of nitrogens with zero attached hydrogens (tertiary/aromatic N) is 1. The molecule has 23 heavy (non-hydrogen) atoms. The zero-order chi connectivity index (χ0) is 18.2. The van der Waals surface area contributed by atoms with E-state index in [0.29, 0.717) is 0 Å². The summed E-state index contributed by atoms with van der Waals surface area (Å²) in [7, 11) is -2.01. The van der Waals surface area contributed by atoms with E-state index in [0.717, 1.165) is 4.90 Å². The van der Waals surface area contributed by atoms with Gasteiger partial charge < -0.3 is 9.16 Å². The molecule has 5 nitrogen and oxygen atoms in total. The van der Waals surface area contributed by atoms with Crippen LogP contribution in [0.15, 0.2) is 12.2 Å². The van der Waals surface area contributed by atoms with Crippen molar-refractivity contribution in [3.8, 4) is 0 Å². The number of hydrogen-bond donors (Lipinski definition) is 0. The molecular weight excluding hydrogens is 310 g/mol. The molecular formula is C17H31NO4Si. The quantitative estimate of drug-likeness (QED) is 0.710. The van der Waals surface area contributed by atoms with E-state index < -0.39 is 26.1 Å². The van der Waals surface area contributed by atoms with E-state index in [1.165, 1.54) is 6.08 Å². The minimum Gasteiger partial charge on any atom is -0.443 e. The van der Waals surface area contributed by atoms with Gasteiger partial charge in [0.25, 0.3) is 5.91 Å². The van der Waals surface area contributed by atoms with Gasteiger partial charge in [-0.3, -0.25) is 4.79 Å². The van der Waals surface area contributed by atoms with Gasteiger partial charge in [0, 0.05) is 6.08 Å². The Morgan fingerprint density at radius 1 is 1.17 bits per heavy atom. The fraction of sp³-hybridized carbons (Fsp3) is 0.765. The van der Waals surface area contributed by atoms with Crippen molar-refractivity contribution in [2.45, 2.75) is 84.3 Å². The lowest BCUT2D eigenvalue weighted by atomic mass is 10.1. The van der Waals surface area contributed by atoms with Crippen LogP contribution in [0, 0.1) is 0 Å². The van der Waals surface area contributed by atoms with Crippen LogP contribution >= 0.6 is 0 Å². The predicted octanol–water partition coefficient (Wildman–Crippen LogP) is 4.10. The zero-order valence-electron chi connectivity index (χ0n) is 15.9. The highest BCUT2D eigenvalue weighted by molar-refractivity contribution is 6.74.